The quantitative estimate of drug-likeness (QED) is 0.480. The lowest BCUT2D eigenvalue weighted by Crippen LogP contribution is -2.42. The van der Waals surface area contributed by atoms with E-state index >= 15 is 0 Å². The number of rotatable bonds is 0. The van der Waals surface area contributed by atoms with Crippen molar-refractivity contribution in [3.63, 3.8) is 0 Å². The Morgan fingerprint density at radius 3 is 2.40 bits per heavy atom. The average Bonchev–Trinajstić information content (AvgIpc) is 2.62. The number of H-pyrrole nitrogens is 2. The van der Waals surface area contributed by atoms with Crippen LogP contribution in [0, 0.1) is 0 Å². The second-order valence-electron chi connectivity index (χ2n) is 6.33. The molecule has 4 nitrogen and oxygen atoms in total. The molecule has 0 spiro atoms. The third-order valence-corrected chi connectivity index (χ3v) is 5.15. The molecule has 5 heteroatoms. The maximum absolute atomic E-state index is 12.9. The maximum Gasteiger partial charge on any atom is 0.197 e. The summed E-state index contributed by atoms with van der Waals surface area (Å²) in [5.41, 5.74) is 1.78. The van der Waals surface area contributed by atoms with Gasteiger partial charge in [-0.3, -0.25) is 9.59 Å². The standard InChI is InChI=1S/C20H13ClN2O2/c21-14-6-3-5-11-18(14)23-17-9-12-16(8-13(17)20(11)25)22-15-7-2-1-4-10(15)19(12)24/h3-9,22H,1-2H2,(H,23,25). The Hall–Kier alpha value is -2.85. The summed E-state index contributed by atoms with van der Waals surface area (Å²) < 4.78 is 0. The normalized spacial score (nSPS) is 13.6. The van der Waals surface area contributed by atoms with Gasteiger partial charge in [-0.05, 0) is 37.1 Å². The van der Waals surface area contributed by atoms with E-state index in [4.69, 9.17) is 11.6 Å². The molecule has 0 fully saturated rings. The van der Waals surface area contributed by atoms with Crippen LogP contribution in [0.5, 0.6) is 0 Å². The molecule has 0 bridgehead atoms. The molecule has 0 amide bonds. The lowest BCUT2D eigenvalue weighted by atomic mass is 10.0. The minimum atomic E-state index is -0.0951. The molecule has 2 aromatic carbocycles. The molecule has 5 rings (SSSR count). The van der Waals surface area contributed by atoms with Crippen LogP contribution in [0.4, 0.5) is 0 Å². The van der Waals surface area contributed by atoms with Gasteiger partial charge in [0, 0.05) is 26.7 Å². The molecule has 4 aromatic rings. The molecule has 0 saturated heterocycles. The molecule has 1 aliphatic carbocycles. The van der Waals surface area contributed by atoms with Gasteiger partial charge in [-0.2, -0.15) is 0 Å². The van der Waals surface area contributed by atoms with Gasteiger partial charge in [0.05, 0.1) is 21.6 Å². The van der Waals surface area contributed by atoms with E-state index in [-0.39, 0.29) is 10.9 Å². The minimum absolute atomic E-state index is 0.0123. The number of pyridine rings is 2. The largest absolute Gasteiger partial charge is 0.355 e. The first-order valence-corrected chi connectivity index (χ1v) is 8.52. The lowest BCUT2D eigenvalue weighted by Gasteiger charge is -2.07. The zero-order valence-corrected chi connectivity index (χ0v) is 13.9. The minimum Gasteiger partial charge on any atom is -0.355 e. The summed E-state index contributed by atoms with van der Waals surface area (Å²) in [5.74, 6) is 0. The smallest absolute Gasteiger partial charge is 0.197 e. The number of hydrogen-bond donors (Lipinski definition) is 2. The topological polar surface area (TPSA) is 65.7 Å². The molecule has 0 atom stereocenters. The molecule has 0 aliphatic heterocycles. The summed E-state index contributed by atoms with van der Waals surface area (Å²) in [5, 5.41) is 3.68. The van der Waals surface area contributed by atoms with Crippen molar-refractivity contribution < 1.29 is 0 Å². The van der Waals surface area contributed by atoms with Crippen LogP contribution in [0.2, 0.25) is 5.02 Å². The zero-order valence-electron chi connectivity index (χ0n) is 13.2. The van der Waals surface area contributed by atoms with Crippen molar-refractivity contribution in [3.8, 4) is 0 Å². The van der Waals surface area contributed by atoms with Crippen LogP contribution in [0.15, 0.2) is 39.9 Å². The van der Waals surface area contributed by atoms with Crippen molar-refractivity contribution in [1.82, 2.24) is 9.97 Å². The molecular weight excluding hydrogens is 336 g/mol. The van der Waals surface area contributed by atoms with Gasteiger partial charge in [0.2, 0.25) is 0 Å². The van der Waals surface area contributed by atoms with E-state index < -0.39 is 0 Å². The number of hydrogen-bond acceptors (Lipinski definition) is 2. The van der Waals surface area contributed by atoms with E-state index in [1.165, 1.54) is 0 Å². The van der Waals surface area contributed by atoms with Gasteiger partial charge < -0.3 is 9.97 Å². The van der Waals surface area contributed by atoms with E-state index in [1.54, 1.807) is 30.3 Å². The number of nitrogens with one attached hydrogen (secondary N) is 2. The number of para-hydroxylation sites is 1. The molecule has 0 radical (unpaired) electrons. The fourth-order valence-corrected chi connectivity index (χ4v) is 3.82. The fraction of sp³-hybridized carbons (Fsp3) is 0.100. The summed E-state index contributed by atoms with van der Waals surface area (Å²) in [6.45, 7) is 0. The second kappa shape index (κ2) is 5.07. The lowest BCUT2D eigenvalue weighted by molar-refractivity contribution is 1.08. The van der Waals surface area contributed by atoms with E-state index in [0.29, 0.717) is 43.0 Å². The molecule has 2 heterocycles. The summed E-state index contributed by atoms with van der Waals surface area (Å²) in [6, 6.07) is 8.75. The Bertz CT molecular complexity index is 1450. The molecule has 122 valence electrons. The zero-order chi connectivity index (χ0) is 17.1. The van der Waals surface area contributed by atoms with Crippen molar-refractivity contribution in [2.24, 2.45) is 0 Å². The monoisotopic (exact) mass is 348 g/mol. The maximum atomic E-state index is 12.9. The molecular formula is C20H13ClN2O2. The second-order valence-corrected chi connectivity index (χ2v) is 6.73. The Morgan fingerprint density at radius 1 is 0.840 bits per heavy atom. The Labute approximate surface area is 146 Å². The highest BCUT2D eigenvalue weighted by Gasteiger charge is 2.11. The highest BCUT2D eigenvalue weighted by atomic mass is 35.5. The first kappa shape index (κ1) is 14.5. The Morgan fingerprint density at radius 2 is 1.56 bits per heavy atom. The first-order valence-electron chi connectivity index (χ1n) is 8.14. The third-order valence-electron chi connectivity index (χ3n) is 4.83. The fourth-order valence-electron chi connectivity index (χ4n) is 3.60. The number of halogens is 1. The van der Waals surface area contributed by atoms with Gasteiger partial charge in [0.15, 0.2) is 10.9 Å². The van der Waals surface area contributed by atoms with Gasteiger partial charge in [-0.25, -0.2) is 0 Å². The van der Waals surface area contributed by atoms with Crippen LogP contribution in [-0.4, -0.2) is 9.97 Å². The number of aromatic nitrogens is 2. The van der Waals surface area contributed by atoms with Crippen molar-refractivity contribution >= 4 is 56.5 Å². The van der Waals surface area contributed by atoms with Gasteiger partial charge in [-0.15, -0.1) is 0 Å². The highest BCUT2D eigenvalue weighted by molar-refractivity contribution is 6.35. The van der Waals surface area contributed by atoms with E-state index in [9.17, 15) is 9.59 Å². The summed E-state index contributed by atoms with van der Waals surface area (Å²) >= 11 is 6.23. The average molecular weight is 349 g/mol. The Kier molecular flexibility index (Phi) is 2.94. The van der Waals surface area contributed by atoms with Crippen molar-refractivity contribution in [2.75, 3.05) is 0 Å². The van der Waals surface area contributed by atoms with Crippen LogP contribution in [-0.2, 0) is 0 Å². The molecule has 2 N–H and O–H groups in total. The van der Waals surface area contributed by atoms with Crippen molar-refractivity contribution in [1.29, 1.82) is 0 Å². The number of benzene rings is 2. The third kappa shape index (κ3) is 2.01. The van der Waals surface area contributed by atoms with Crippen LogP contribution in [0.3, 0.4) is 0 Å². The number of fused-ring (bicyclic) bond motifs is 4. The molecule has 1 aliphatic rings. The van der Waals surface area contributed by atoms with Crippen LogP contribution in [0.25, 0.3) is 44.9 Å². The van der Waals surface area contributed by atoms with Crippen molar-refractivity contribution in [3.05, 3.63) is 66.4 Å². The SMILES string of the molecule is O=c1c2c([nH]c3cc4c(=O)c5cccc(Cl)c5[nH]c4cc13)=CCCC=2. The Balaban J connectivity index is 2.04. The van der Waals surface area contributed by atoms with E-state index in [2.05, 4.69) is 9.97 Å². The van der Waals surface area contributed by atoms with Gasteiger partial charge in [0.1, 0.15) is 0 Å². The molecule has 25 heavy (non-hydrogen) atoms. The number of aromatic amines is 2. The van der Waals surface area contributed by atoms with Gasteiger partial charge in [-0.1, -0.05) is 29.8 Å². The van der Waals surface area contributed by atoms with Crippen molar-refractivity contribution in [2.45, 2.75) is 12.8 Å². The molecule has 0 unspecified atom stereocenters. The summed E-state index contributed by atoms with van der Waals surface area (Å²) in [7, 11) is 0. The van der Waals surface area contributed by atoms with Crippen LogP contribution < -0.4 is 21.4 Å². The van der Waals surface area contributed by atoms with Gasteiger partial charge in [0.25, 0.3) is 0 Å². The van der Waals surface area contributed by atoms with E-state index in [0.717, 1.165) is 18.2 Å². The first-order chi connectivity index (χ1) is 12.1. The summed E-state index contributed by atoms with van der Waals surface area (Å²) in [4.78, 5) is 32.2. The van der Waals surface area contributed by atoms with Crippen LogP contribution in [0.1, 0.15) is 12.8 Å². The molecule has 0 saturated carbocycles. The van der Waals surface area contributed by atoms with Gasteiger partial charge >= 0.3 is 0 Å². The molecule has 2 aromatic heterocycles. The predicted octanol–water partition coefficient (Wildman–Crippen LogP) is 2.53. The highest BCUT2D eigenvalue weighted by Crippen LogP contribution is 2.23. The predicted molar refractivity (Wildman–Crippen MR) is 103 cm³/mol. The van der Waals surface area contributed by atoms with Crippen LogP contribution >= 0.6 is 11.6 Å². The van der Waals surface area contributed by atoms with E-state index in [1.807, 2.05) is 12.2 Å². The summed E-state index contributed by atoms with van der Waals surface area (Å²) in [6.07, 6.45) is 5.78.